The minimum atomic E-state index is -4.52. The quantitative estimate of drug-likeness (QED) is 0.251. The fraction of sp³-hybridized carbons (Fsp3) is 0.333. The van der Waals surface area contributed by atoms with E-state index >= 15 is 0 Å². The molecule has 0 aliphatic carbocycles. The van der Waals surface area contributed by atoms with Crippen molar-refractivity contribution in [2.75, 3.05) is 11.4 Å². The van der Waals surface area contributed by atoms with Gasteiger partial charge in [0.25, 0.3) is 0 Å². The number of benzene rings is 2. The molecule has 1 heterocycles. The van der Waals surface area contributed by atoms with Crippen LogP contribution in [0.3, 0.4) is 0 Å². The predicted molar refractivity (Wildman–Crippen MR) is 120 cm³/mol. The van der Waals surface area contributed by atoms with Crippen LogP contribution in [0, 0.1) is 0 Å². The van der Waals surface area contributed by atoms with Gasteiger partial charge in [0.2, 0.25) is 5.95 Å². The molecule has 7 heteroatoms. The highest BCUT2D eigenvalue weighted by atomic mass is 32.2. The summed E-state index contributed by atoms with van der Waals surface area (Å²) in [5.41, 5.74) is 1.27. The van der Waals surface area contributed by atoms with Crippen LogP contribution in [0.25, 0.3) is 0 Å². The Morgan fingerprint density at radius 3 is 2.32 bits per heavy atom. The molecule has 0 N–H and O–H groups in total. The van der Waals surface area contributed by atoms with Crippen LogP contribution in [0.5, 0.6) is 0 Å². The molecule has 2 aromatic carbocycles. The van der Waals surface area contributed by atoms with Crippen molar-refractivity contribution in [1.29, 1.82) is 0 Å². The molecule has 0 bridgehead atoms. The molecule has 0 unspecified atom stereocenters. The zero-order valence-electron chi connectivity index (χ0n) is 17.7. The summed E-state index contributed by atoms with van der Waals surface area (Å²) in [5.74, 6) is 0.275. The van der Waals surface area contributed by atoms with Gasteiger partial charge in [0.15, 0.2) is 0 Å². The summed E-state index contributed by atoms with van der Waals surface area (Å²) in [5, 5.41) is -0.0920. The maximum atomic E-state index is 13.6. The van der Waals surface area contributed by atoms with E-state index in [4.69, 9.17) is 0 Å². The summed E-state index contributed by atoms with van der Waals surface area (Å²) in [4.78, 5) is 11.1. The molecular weight excluding hydrogens is 419 g/mol. The third-order valence-corrected chi connectivity index (χ3v) is 5.91. The van der Waals surface area contributed by atoms with Gasteiger partial charge in [-0.2, -0.15) is 13.2 Å². The molecule has 3 nitrogen and oxygen atoms in total. The van der Waals surface area contributed by atoms with Crippen molar-refractivity contribution >= 4 is 23.4 Å². The van der Waals surface area contributed by atoms with Crippen LogP contribution in [0.4, 0.5) is 24.8 Å². The Hall–Kier alpha value is -2.54. The number of alkyl halides is 3. The topological polar surface area (TPSA) is 29.0 Å². The first-order valence-electron chi connectivity index (χ1n) is 10.5. The number of aryl methyl sites for hydroxylation is 1. The summed E-state index contributed by atoms with van der Waals surface area (Å²) in [6.45, 7) is 4.66. The molecular formula is C24H26F3N3S. The van der Waals surface area contributed by atoms with Crippen molar-refractivity contribution in [3.8, 4) is 0 Å². The average Bonchev–Trinajstić information content (AvgIpc) is 2.75. The van der Waals surface area contributed by atoms with E-state index in [1.165, 1.54) is 0 Å². The molecule has 0 amide bonds. The first-order chi connectivity index (χ1) is 14.9. The molecule has 0 atom stereocenters. The van der Waals surface area contributed by atoms with E-state index in [1.807, 2.05) is 36.1 Å². The molecule has 0 aliphatic rings. The van der Waals surface area contributed by atoms with Gasteiger partial charge in [-0.3, -0.25) is 0 Å². The molecule has 1 aromatic heterocycles. The largest absolute Gasteiger partial charge is 0.420 e. The maximum absolute atomic E-state index is 13.6. The van der Waals surface area contributed by atoms with Crippen molar-refractivity contribution in [2.24, 2.45) is 0 Å². The standard InChI is InChI=1S/C24H26F3N3S/c1-3-5-7-12-18-13-10-11-16-21(18)30(4-2)23-28-17-20(24(25,26)27)22(29-23)31-19-14-8-6-9-15-19/h6,8-11,13-17H,3-5,7,12H2,1-2H3. The van der Waals surface area contributed by atoms with E-state index in [1.54, 1.807) is 24.3 Å². The van der Waals surface area contributed by atoms with Crippen LogP contribution >= 0.6 is 11.8 Å². The molecule has 3 rings (SSSR count). The number of nitrogens with zero attached hydrogens (tertiary/aromatic N) is 3. The summed E-state index contributed by atoms with van der Waals surface area (Å²) in [7, 11) is 0. The SMILES string of the molecule is CCCCCc1ccccc1N(CC)c1ncc(C(F)(F)F)c(Sc2ccccc2)n1. The molecule has 0 spiro atoms. The van der Waals surface area contributed by atoms with Crippen molar-refractivity contribution in [3.05, 3.63) is 71.9 Å². The van der Waals surface area contributed by atoms with E-state index in [-0.39, 0.29) is 11.0 Å². The number of hydrogen-bond acceptors (Lipinski definition) is 4. The Kier molecular flexibility index (Phi) is 7.96. The van der Waals surface area contributed by atoms with Gasteiger partial charge in [0, 0.05) is 23.3 Å². The Labute approximate surface area is 185 Å². The molecule has 0 radical (unpaired) electrons. The molecule has 3 aromatic rings. The third kappa shape index (κ3) is 6.00. The van der Waals surface area contributed by atoms with Crippen molar-refractivity contribution < 1.29 is 13.2 Å². The van der Waals surface area contributed by atoms with E-state index in [0.717, 1.165) is 54.9 Å². The first-order valence-corrected chi connectivity index (χ1v) is 11.3. The van der Waals surface area contributed by atoms with E-state index in [9.17, 15) is 13.2 Å². The number of hydrogen-bond donors (Lipinski definition) is 0. The first kappa shape index (κ1) is 23.1. The van der Waals surface area contributed by atoms with Gasteiger partial charge in [-0.1, -0.05) is 67.9 Å². The number of rotatable bonds is 9. The van der Waals surface area contributed by atoms with Crippen molar-refractivity contribution in [3.63, 3.8) is 0 Å². The molecule has 164 valence electrons. The van der Waals surface area contributed by atoms with Gasteiger partial charge in [0.05, 0.1) is 0 Å². The molecule has 0 fully saturated rings. The summed E-state index contributed by atoms with van der Waals surface area (Å²) < 4.78 is 40.9. The van der Waals surface area contributed by atoms with E-state index in [2.05, 4.69) is 23.0 Å². The third-order valence-electron chi connectivity index (χ3n) is 4.89. The van der Waals surface area contributed by atoms with Crippen LogP contribution in [-0.2, 0) is 12.6 Å². The second-order valence-corrected chi connectivity index (χ2v) is 8.19. The lowest BCUT2D eigenvalue weighted by molar-refractivity contribution is -0.140. The minimum Gasteiger partial charge on any atom is -0.311 e. The van der Waals surface area contributed by atoms with E-state index < -0.39 is 11.7 Å². The Bertz CT molecular complexity index is 977. The lowest BCUT2D eigenvalue weighted by atomic mass is 10.0. The highest BCUT2D eigenvalue weighted by molar-refractivity contribution is 7.99. The fourth-order valence-corrected chi connectivity index (χ4v) is 4.25. The smallest absolute Gasteiger partial charge is 0.311 e. The monoisotopic (exact) mass is 445 g/mol. The number of unbranched alkanes of at least 4 members (excludes halogenated alkanes) is 2. The van der Waals surface area contributed by atoms with E-state index in [0.29, 0.717) is 11.4 Å². The summed E-state index contributed by atoms with van der Waals surface area (Å²) >= 11 is 1.00. The van der Waals surface area contributed by atoms with Crippen LogP contribution < -0.4 is 4.90 Å². The van der Waals surface area contributed by atoms with Gasteiger partial charge in [0.1, 0.15) is 10.6 Å². The minimum absolute atomic E-state index is 0.0920. The maximum Gasteiger partial charge on any atom is 0.420 e. The average molecular weight is 446 g/mol. The normalized spacial score (nSPS) is 11.5. The number of aromatic nitrogens is 2. The highest BCUT2D eigenvalue weighted by Gasteiger charge is 2.36. The van der Waals surface area contributed by atoms with Gasteiger partial charge < -0.3 is 4.90 Å². The molecule has 0 saturated carbocycles. The lowest BCUT2D eigenvalue weighted by Crippen LogP contribution is -2.21. The van der Waals surface area contributed by atoms with Crippen LogP contribution in [0.1, 0.15) is 44.2 Å². The lowest BCUT2D eigenvalue weighted by Gasteiger charge is -2.25. The zero-order chi connectivity index (χ0) is 22.3. The van der Waals surface area contributed by atoms with Gasteiger partial charge in [-0.15, -0.1) is 0 Å². The van der Waals surface area contributed by atoms with Gasteiger partial charge in [-0.05, 0) is 43.5 Å². The fourth-order valence-electron chi connectivity index (χ4n) is 3.33. The van der Waals surface area contributed by atoms with Gasteiger partial charge >= 0.3 is 6.18 Å². The van der Waals surface area contributed by atoms with Crippen molar-refractivity contribution in [1.82, 2.24) is 9.97 Å². The molecule has 0 aliphatic heterocycles. The van der Waals surface area contributed by atoms with Crippen LogP contribution in [-0.4, -0.2) is 16.5 Å². The second kappa shape index (κ2) is 10.7. The summed E-state index contributed by atoms with van der Waals surface area (Å²) in [6, 6.07) is 16.9. The number of halogens is 3. The number of anilines is 2. The second-order valence-electron chi connectivity index (χ2n) is 7.13. The van der Waals surface area contributed by atoms with Crippen LogP contribution in [0.15, 0.2) is 70.7 Å². The Morgan fingerprint density at radius 1 is 0.935 bits per heavy atom. The predicted octanol–water partition coefficient (Wildman–Crippen LogP) is 7.54. The Balaban J connectivity index is 2.00. The molecule has 31 heavy (non-hydrogen) atoms. The molecule has 0 saturated heterocycles. The summed E-state index contributed by atoms with van der Waals surface area (Å²) in [6.07, 6.45) is 0.609. The van der Waals surface area contributed by atoms with Crippen LogP contribution in [0.2, 0.25) is 0 Å². The van der Waals surface area contributed by atoms with Gasteiger partial charge in [-0.25, -0.2) is 9.97 Å². The Morgan fingerprint density at radius 2 is 1.65 bits per heavy atom. The van der Waals surface area contributed by atoms with Crippen molar-refractivity contribution in [2.45, 2.75) is 55.6 Å². The number of para-hydroxylation sites is 1. The zero-order valence-corrected chi connectivity index (χ0v) is 18.5. The highest BCUT2D eigenvalue weighted by Crippen LogP contribution is 2.39.